The van der Waals surface area contributed by atoms with Crippen LogP contribution >= 0.6 is 0 Å². The highest BCUT2D eigenvalue weighted by Crippen LogP contribution is 2.33. The molecule has 0 aliphatic heterocycles. The first-order chi connectivity index (χ1) is 9.42. The van der Waals surface area contributed by atoms with E-state index in [0.29, 0.717) is 6.54 Å². The minimum atomic E-state index is -4.38. The Hall–Kier alpha value is -1.50. The predicted octanol–water partition coefficient (Wildman–Crippen LogP) is 3.12. The maximum Gasteiger partial charge on any atom is 0.416 e. The van der Waals surface area contributed by atoms with Crippen molar-refractivity contribution >= 4 is 11.6 Å². The molecule has 0 saturated heterocycles. The Bertz CT molecular complexity index is 459. The molecule has 0 bridgehead atoms. The molecule has 1 fully saturated rings. The number of nitrogens with one attached hydrogen (secondary N) is 2. The van der Waals surface area contributed by atoms with Gasteiger partial charge < -0.3 is 15.4 Å². The van der Waals surface area contributed by atoms with E-state index in [1.165, 1.54) is 0 Å². The van der Waals surface area contributed by atoms with E-state index in [0.717, 1.165) is 25.0 Å². The van der Waals surface area contributed by atoms with Crippen LogP contribution in [0.5, 0.6) is 0 Å². The number of methoxy groups -OCH3 is 1. The van der Waals surface area contributed by atoms with Crippen LogP contribution < -0.4 is 10.6 Å². The fraction of sp³-hybridized carbons (Fsp3) is 0.615. The van der Waals surface area contributed by atoms with Crippen molar-refractivity contribution in [2.24, 2.45) is 0 Å². The molecule has 20 heavy (non-hydrogen) atoms. The Morgan fingerprint density at radius 3 is 2.50 bits per heavy atom. The first-order valence-corrected chi connectivity index (χ1v) is 6.55. The van der Waals surface area contributed by atoms with E-state index >= 15 is 0 Å². The maximum atomic E-state index is 12.8. The first-order valence-electron chi connectivity index (χ1n) is 6.55. The lowest BCUT2D eigenvalue weighted by Crippen LogP contribution is -2.40. The van der Waals surface area contributed by atoms with Gasteiger partial charge in [0.1, 0.15) is 11.6 Å². The van der Waals surface area contributed by atoms with Gasteiger partial charge in [0.15, 0.2) is 0 Å². The van der Waals surface area contributed by atoms with Crippen LogP contribution in [0.25, 0.3) is 0 Å². The number of halogens is 3. The average molecular weight is 289 g/mol. The molecule has 0 atom stereocenters. The third-order valence-electron chi connectivity index (χ3n) is 3.29. The Kier molecular flexibility index (Phi) is 4.37. The summed E-state index contributed by atoms with van der Waals surface area (Å²) in [6.07, 6.45) is -2.62. The van der Waals surface area contributed by atoms with Crippen LogP contribution in [-0.2, 0) is 10.9 Å². The van der Waals surface area contributed by atoms with E-state index in [4.69, 9.17) is 4.74 Å². The number of hydrogen-bond acceptors (Lipinski definition) is 4. The third kappa shape index (κ3) is 3.53. The van der Waals surface area contributed by atoms with Crippen LogP contribution in [0.15, 0.2) is 12.1 Å². The lowest BCUT2D eigenvalue weighted by molar-refractivity contribution is -0.137. The summed E-state index contributed by atoms with van der Waals surface area (Å²) < 4.78 is 43.6. The molecular weight excluding hydrogens is 271 g/mol. The average Bonchev–Trinajstić information content (AvgIpc) is 2.32. The van der Waals surface area contributed by atoms with Crippen LogP contribution in [0.3, 0.4) is 0 Å². The van der Waals surface area contributed by atoms with Gasteiger partial charge in [-0.2, -0.15) is 13.2 Å². The molecule has 1 heterocycles. The molecule has 1 aliphatic rings. The predicted molar refractivity (Wildman–Crippen MR) is 70.8 cm³/mol. The Morgan fingerprint density at radius 1 is 1.30 bits per heavy atom. The standard InChI is InChI=1S/C13H18F3N3O/c1-3-17-11-4-8(13(14,15)16)5-12(19-11)18-9-6-10(7-9)20-2/h4-5,9-10H,3,6-7H2,1-2H3,(H2,17,18,19). The van der Waals surface area contributed by atoms with Crippen molar-refractivity contribution in [3.05, 3.63) is 17.7 Å². The summed E-state index contributed by atoms with van der Waals surface area (Å²) >= 11 is 0. The van der Waals surface area contributed by atoms with Crippen molar-refractivity contribution in [3.63, 3.8) is 0 Å². The molecule has 0 aromatic carbocycles. The largest absolute Gasteiger partial charge is 0.416 e. The van der Waals surface area contributed by atoms with Gasteiger partial charge in [-0.1, -0.05) is 0 Å². The van der Waals surface area contributed by atoms with Crippen molar-refractivity contribution in [2.75, 3.05) is 24.3 Å². The van der Waals surface area contributed by atoms with E-state index in [-0.39, 0.29) is 23.8 Å². The SMILES string of the molecule is CCNc1cc(C(F)(F)F)cc(NC2CC(OC)C2)n1. The lowest BCUT2D eigenvalue weighted by atomic mass is 9.89. The molecule has 7 heteroatoms. The van der Waals surface area contributed by atoms with Crippen LogP contribution in [0.1, 0.15) is 25.3 Å². The highest BCUT2D eigenvalue weighted by molar-refractivity contribution is 5.50. The monoisotopic (exact) mass is 289 g/mol. The molecule has 1 aliphatic carbocycles. The Morgan fingerprint density at radius 2 is 1.95 bits per heavy atom. The van der Waals surface area contributed by atoms with E-state index in [2.05, 4.69) is 15.6 Å². The molecule has 0 amide bonds. The van der Waals surface area contributed by atoms with Crippen molar-refractivity contribution < 1.29 is 17.9 Å². The number of nitrogens with zero attached hydrogens (tertiary/aromatic N) is 1. The highest BCUT2D eigenvalue weighted by Gasteiger charge is 2.33. The van der Waals surface area contributed by atoms with Crippen LogP contribution in [-0.4, -0.2) is 30.8 Å². The number of ether oxygens (including phenoxy) is 1. The zero-order valence-corrected chi connectivity index (χ0v) is 11.4. The molecule has 2 N–H and O–H groups in total. The van der Waals surface area contributed by atoms with Crippen LogP contribution in [0.4, 0.5) is 24.8 Å². The minimum Gasteiger partial charge on any atom is -0.381 e. The molecule has 4 nitrogen and oxygen atoms in total. The second-order valence-electron chi connectivity index (χ2n) is 4.82. The van der Waals surface area contributed by atoms with Gasteiger partial charge in [0, 0.05) is 19.7 Å². The fourth-order valence-electron chi connectivity index (χ4n) is 2.12. The number of hydrogen-bond donors (Lipinski definition) is 2. The zero-order chi connectivity index (χ0) is 14.8. The van der Waals surface area contributed by atoms with Crippen molar-refractivity contribution in [2.45, 2.75) is 38.1 Å². The van der Waals surface area contributed by atoms with Gasteiger partial charge in [-0.05, 0) is 31.9 Å². The molecule has 1 aromatic rings. The fourth-order valence-corrected chi connectivity index (χ4v) is 2.12. The lowest BCUT2D eigenvalue weighted by Gasteiger charge is -2.35. The van der Waals surface area contributed by atoms with Gasteiger partial charge in [0.25, 0.3) is 0 Å². The van der Waals surface area contributed by atoms with Gasteiger partial charge in [0.05, 0.1) is 11.7 Å². The third-order valence-corrected chi connectivity index (χ3v) is 3.29. The molecule has 112 valence electrons. The first kappa shape index (κ1) is 14.9. The molecule has 0 spiro atoms. The summed E-state index contributed by atoms with van der Waals surface area (Å²) in [5.74, 6) is 0.475. The van der Waals surface area contributed by atoms with Gasteiger partial charge in [-0.25, -0.2) is 4.98 Å². The number of pyridine rings is 1. The topological polar surface area (TPSA) is 46.2 Å². The van der Waals surface area contributed by atoms with Crippen molar-refractivity contribution in [1.82, 2.24) is 4.98 Å². The summed E-state index contributed by atoms with van der Waals surface area (Å²) in [5.41, 5.74) is -0.700. The van der Waals surface area contributed by atoms with Gasteiger partial charge in [-0.3, -0.25) is 0 Å². The summed E-state index contributed by atoms with van der Waals surface area (Å²) in [7, 11) is 1.63. The number of alkyl halides is 3. The molecule has 2 rings (SSSR count). The van der Waals surface area contributed by atoms with Crippen molar-refractivity contribution in [1.29, 1.82) is 0 Å². The minimum absolute atomic E-state index is 0.116. The second-order valence-corrected chi connectivity index (χ2v) is 4.82. The van der Waals surface area contributed by atoms with E-state index in [9.17, 15) is 13.2 Å². The zero-order valence-electron chi connectivity index (χ0n) is 11.4. The molecule has 0 unspecified atom stereocenters. The normalized spacial score (nSPS) is 22.2. The van der Waals surface area contributed by atoms with Gasteiger partial charge in [-0.15, -0.1) is 0 Å². The summed E-state index contributed by atoms with van der Waals surface area (Å²) in [6.45, 7) is 2.33. The second kappa shape index (κ2) is 5.87. The number of aromatic nitrogens is 1. The van der Waals surface area contributed by atoms with Crippen LogP contribution in [0.2, 0.25) is 0 Å². The van der Waals surface area contributed by atoms with Gasteiger partial charge in [0.2, 0.25) is 0 Å². The maximum absolute atomic E-state index is 12.8. The number of anilines is 2. The summed E-state index contributed by atoms with van der Waals surface area (Å²) in [4.78, 5) is 4.15. The van der Waals surface area contributed by atoms with Crippen LogP contribution in [0, 0.1) is 0 Å². The van der Waals surface area contributed by atoms with E-state index in [1.807, 2.05) is 6.92 Å². The Labute approximate surface area is 115 Å². The molecular formula is C13H18F3N3O. The molecule has 1 aromatic heterocycles. The summed E-state index contributed by atoms with van der Waals surface area (Å²) in [5, 5.41) is 5.84. The smallest absolute Gasteiger partial charge is 0.381 e. The summed E-state index contributed by atoms with van der Waals surface area (Å²) in [6, 6.07) is 2.18. The van der Waals surface area contributed by atoms with Crippen molar-refractivity contribution in [3.8, 4) is 0 Å². The quantitative estimate of drug-likeness (QED) is 0.874. The van der Waals surface area contributed by atoms with E-state index < -0.39 is 11.7 Å². The Balaban J connectivity index is 2.13. The van der Waals surface area contributed by atoms with E-state index in [1.54, 1.807) is 7.11 Å². The highest BCUT2D eigenvalue weighted by atomic mass is 19.4. The molecule has 0 radical (unpaired) electrons. The van der Waals surface area contributed by atoms with Gasteiger partial charge >= 0.3 is 6.18 Å². The molecule has 1 saturated carbocycles. The number of rotatable bonds is 5.